The number of imidazole rings is 1. The molecule has 1 aliphatic heterocycles. The van der Waals surface area contributed by atoms with Gasteiger partial charge in [0, 0.05) is 23.1 Å². The van der Waals surface area contributed by atoms with E-state index in [1.807, 2.05) is 47.9 Å². The summed E-state index contributed by atoms with van der Waals surface area (Å²) in [7, 11) is 0. The van der Waals surface area contributed by atoms with Gasteiger partial charge in [0.2, 0.25) is 11.9 Å². The molecule has 32 heavy (non-hydrogen) atoms. The molecule has 0 unspecified atom stereocenters. The Hall–Kier alpha value is -3.71. The Morgan fingerprint density at radius 2 is 1.97 bits per heavy atom. The van der Waals surface area contributed by atoms with Crippen molar-refractivity contribution in [3.63, 3.8) is 0 Å². The lowest BCUT2D eigenvalue weighted by atomic mass is 10.1. The second-order valence-electron chi connectivity index (χ2n) is 7.74. The summed E-state index contributed by atoms with van der Waals surface area (Å²) in [5.41, 5.74) is 3.91. The molecular weight excluding hydrogens is 426 g/mol. The Labute approximate surface area is 189 Å². The molecule has 8 heteroatoms. The van der Waals surface area contributed by atoms with Crippen molar-refractivity contribution in [3.05, 3.63) is 83.1 Å². The molecule has 2 aromatic heterocycles. The number of rotatable bonds is 5. The highest BCUT2D eigenvalue weighted by Crippen LogP contribution is 2.37. The highest BCUT2D eigenvalue weighted by atomic mass is 35.5. The maximum Gasteiger partial charge on any atom is 0.253 e. The number of amides is 2. The second kappa shape index (κ2) is 8.09. The first-order valence-electron chi connectivity index (χ1n) is 10.2. The minimum absolute atomic E-state index is 0.0122. The number of hydrogen-bond acceptors (Lipinski definition) is 4. The first-order chi connectivity index (χ1) is 15.5. The van der Waals surface area contributed by atoms with Crippen LogP contribution in [0.4, 0.5) is 11.6 Å². The lowest BCUT2D eigenvalue weighted by Gasteiger charge is -2.16. The Kier molecular flexibility index (Phi) is 5.11. The molecule has 0 bridgehead atoms. The second-order valence-corrected chi connectivity index (χ2v) is 8.14. The minimum atomic E-state index is -0.687. The summed E-state index contributed by atoms with van der Waals surface area (Å²) in [6.07, 6.45) is 3.40. The lowest BCUT2D eigenvalue weighted by molar-refractivity contribution is -0.124. The van der Waals surface area contributed by atoms with Crippen LogP contribution in [-0.4, -0.2) is 26.3 Å². The van der Waals surface area contributed by atoms with Crippen LogP contribution in [0.5, 0.6) is 0 Å². The van der Waals surface area contributed by atoms with E-state index in [1.54, 1.807) is 35.5 Å². The number of hydrogen-bond donors (Lipinski definition) is 1. The molecule has 0 saturated carbocycles. The first kappa shape index (κ1) is 20.2. The average Bonchev–Trinajstić information content (AvgIpc) is 3.28. The van der Waals surface area contributed by atoms with Crippen molar-refractivity contribution < 1.29 is 9.59 Å². The van der Waals surface area contributed by atoms with Crippen LogP contribution in [0.3, 0.4) is 0 Å². The molecule has 2 amide bonds. The Morgan fingerprint density at radius 1 is 1.12 bits per heavy atom. The van der Waals surface area contributed by atoms with Gasteiger partial charge in [0.05, 0.1) is 24.0 Å². The predicted octanol–water partition coefficient (Wildman–Crippen LogP) is 4.51. The first-order valence-corrected chi connectivity index (χ1v) is 10.6. The number of halogens is 1. The van der Waals surface area contributed by atoms with Gasteiger partial charge in [-0.25, -0.2) is 4.98 Å². The van der Waals surface area contributed by atoms with E-state index in [0.29, 0.717) is 23.2 Å². The number of pyridine rings is 1. The van der Waals surface area contributed by atoms with Crippen molar-refractivity contribution in [2.45, 2.75) is 25.9 Å². The highest BCUT2D eigenvalue weighted by Gasteiger charge is 2.40. The molecule has 1 N–H and O–H groups in total. The van der Waals surface area contributed by atoms with Gasteiger partial charge < -0.3 is 5.32 Å². The van der Waals surface area contributed by atoms with E-state index in [4.69, 9.17) is 11.6 Å². The van der Waals surface area contributed by atoms with Gasteiger partial charge in [-0.1, -0.05) is 35.9 Å². The van der Waals surface area contributed by atoms with Crippen LogP contribution in [0.15, 0.2) is 67.0 Å². The zero-order chi connectivity index (χ0) is 22.2. The molecule has 0 fully saturated rings. The summed E-state index contributed by atoms with van der Waals surface area (Å²) >= 11 is 6.17. The third kappa shape index (κ3) is 3.50. The molecule has 5 rings (SSSR count). The van der Waals surface area contributed by atoms with Crippen LogP contribution < -0.4 is 10.2 Å². The maximum atomic E-state index is 13.4. The van der Waals surface area contributed by atoms with Crippen molar-refractivity contribution in [3.8, 4) is 0 Å². The summed E-state index contributed by atoms with van der Waals surface area (Å²) in [6.45, 7) is 2.18. The Bertz CT molecular complexity index is 1330. The zero-order valence-corrected chi connectivity index (χ0v) is 18.1. The molecule has 1 aliphatic rings. The standard InChI is InChI=1S/C24H20ClN5O2/c1-15-17(25)7-4-9-18(15)27-22(31)12-21-23(32)29(14-16-6-5-11-26-13-16)24-28-19-8-2-3-10-20(19)30(21)24/h2-11,13,21H,12,14H2,1H3,(H,27,31)/t21-/m1/s1. The van der Waals surface area contributed by atoms with E-state index < -0.39 is 6.04 Å². The molecule has 0 spiro atoms. The third-order valence-corrected chi connectivity index (χ3v) is 6.07. The van der Waals surface area contributed by atoms with Crippen LogP contribution in [0, 0.1) is 6.92 Å². The Morgan fingerprint density at radius 3 is 2.78 bits per heavy atom. The van der Waals surface area contributed by atoms with Crippen LogP contribution in [0.2, 0.25) is 5.02 Å². The number of carbonyl (C=O) groups excluding carboxylic acids is 2. The van der Waals surface area contributed by atoms with Crippen LogP contribution in [-0.2, 0) is 16.1 Å². The van der Waals surface area contributed by atoms with Crippen LogP contribution in [0.25, 0.3) is 11.0 Å². The number of nitrogens with one attached hydrogen (secondary N) is 1. The van der Waals surface area contributed by atoms with Crippen molar-refractivity contribution in [2.24, 2.45) is 0 Å². The van der Waals surface area contributed by atoms with E-state index in [9.17, 15) is 9.59 Å². The molecule has 3 heterocycles. The fourth-order valence-electron chi connectivity index (χ4n) is 4.04. The smallest absolute Gasteiger partial charge is 0.253 e. The lowest BCUT2D eigenvalue weighted by Crippen LogP contribution is -2.31. The highest BCUT2D eigenvalue weighted by molar-refractivity contribution is 6.31. The van der Waals surface area contributed by atoms with Gasteiger partial charge in [0.1, 0.15) is 6.04 Å². The van der Waals surface area contributed by atoms with E-state index in [0.717, 1.165) is 22.2 Å². The van der Waals surface area contributed by atoms with E-state index in [2.05, 4.69) is 15.3 Å². The topological polar surface area (TPSA) is 80.1 Å². The van der Waals surface area contributed by atoms with Gasteiger partial charge in [-0.15, -0.1) is 0 Å². The quantitative estimate of drug-likeness (QED) is 0.490. The molecule has 1 atom stereocenters. The number of carbonyl (C=O) groups is 2. The summed E-state index contributed by atoms with van der Waals surface area (Å²) in [5.74, 6) is 0.109. The van der Waals surface area contributed by atoms with Crippen LogP contribution >= 0.6 is 11.6 Å². The van der Waals surface area contributed by atoms with Crippen molar-refractivity contribution in [1.29, 1.82) is 0 Å². The monoisotopic (exact) mass is 445 g/mol. The molecule has 2 aromatic carbocycles. The SMILES string of the molecule is Cc1c(Cl)cccc1NC(=O)C[C@@H]1C(=O)N(Cc2cccnc2)c2nc3ccccc3n21. The molecule has 0 radical (unpaired) electrons. The zero-order valence-electron chi connectivity index (χ0n) is 17.3. The van der Waals surface area contributed by atoms with Gasteiger partial charge in [-0.2, -0.15) is 0 Å². The normalized spacial score (nSPS) is 15.2. The predicted molar refractivity (Wildman–Crippen MR) is 124 cm³/mol. The third-order valence-electron chi connectivity index (χ3n) is 5.67. The molecule has 4 aromatic rings. The van der Waals surface area contributed by atoms with Gasteiger partial charge >= 0.3 is 0 Å². The molecule has 0 aliphatic carbocycles. The summed E-state index contributed by atoms with van der Waals surface area (Å²) < 4.78 is 1.86. The Balaban J connectivity index is 1.48. The largest absolute Gasteiger partial charge is 0.326 e. The van der Waals surface area contributed by atoms with E-state index in [1.165, 1.54) is 0 Å². The number of para-hydroxylation sites is 2. The summed E-state index contributed by atoms with van der Waals surface area (Å²) in [4.78, 5) is 36.8. The molecular formula is C24H20ClN5O2. The summed E-state index contributed by atoms with van der Waals surface area (Å²) in [5, 5.41) is 3.47. The average molecular weight is 446 g/mol. The summed E-state index contributed by atoms with van der Waals surface area (Å²) in [6, 6.07) is 16.0. The number of aromatic nitrogens is 3. The van der Waals surface area contributed by atoms with E-state index >= 15 is 0 Å². The van der Waals surface area contributed by atoms with Gasteiger partial charge in [-0.3, -0.25) is 24.0 Å². The molecule has 7 nitrogen and oxygen atoms in total. The number of fused-ring (bicyclic) bond motifs is 3. The molecule has 0 saturated heterocycles. The fourth-order valence-corrected chi connectivity index (χ4v) is 4.21. The number of anilines is 2. The maximum absolute atomic E-state index is 13.4. The van der Waals surface area contributed by atoms with Gasteiger partial charge in [0.25, 0.3) is 5.91 Å². The fraction of sp³-hybridized carbons (Fsp3) is 0.167. The number of nitrogens with zero attached hydrogens (tertiary/aromatic N) is 4. The minimum Gasteiger partial charge on any atom is -0.326 e. The van der Waals surface area contributed by atoms with Crippen LogP contribution in [0.1, 0.15) is 23.6 Å². The van der Waals surface area contributed by atoms with Gasteiger partial charge in [0.15, 0.2) is 0 Å². The van der Waals surface area contributed by atoms with Crippen molar-refractivity contribution in [2.75, 3.05) is 10.2 Å². The van der Waals surface area contributed by atoms with Crippen molar-refractivity contribution in [1.82, 2.24) is 14.5 Å². The van der Waals surface area contributed by atoms with Gasteiger partial charge in [-0.05, 0) is 48.4 Å². The molecule has 160 valence electrons. The number of benzene rings is 2. The van der Waals surface area contributed by atoms with Crippen molar-refractivity contribution >= 4 is 46.1 Å². The van der Waals surface area contributed by atoms with E-state index in [-0.39, 0.29) is 18.2 Å².